The summed E-state index contributed by atoms with van der Waals surface area (Å²) in [5.41, 5.74) is 0.284. The van der Waals surface area contributed by atoms with Crippen LogP contribution in [0.2, 0.25) is 0 Å². The number of hydrogen-bond donors (Lipinski definition) is 1. The monoisotopic (exact) mass is 213 g/mol. The summed E-state index contributed by atoms with van der Waals surface area (Å²) in [6, 6.07) is 0. The first-order valence-electron chi connectivity index (χ1n) is 4.44. The van der Waals surface area contributed by atoms with Crippen molar-refractivity contribution in [1.29, 1.82) is 0 Å². The van der Waals surface area contributed by atoms with E-state index in [4.69, 9.17) is 0 Å². The molecule has 1 N–H and O–H groups in total. The molecule has 5 heteroatoms. The highest BCUT2D eigenvalue weighted by molar-refractivity contribution is 7.09. The number of ether oxygens (including phenoxy) is 1. The van der Waals surface area contributed by atoms with E-state index in [9.17, 15) is 9.90 Å². The Morgan fingerprint density at radius 2 is 2.50 bits per heavy atom. The predicted octanol–water partition coefficient (Wildman–Crippen LogP) is 1.37. The normalized spacial score (nSPS) is 17.9. The largest absolute Gasteiger partial charge is 0.464 e. The SMILES string of the molecule is COC(=O)c1csc(C(O)C2CC2)n1. The quantitative estimate of drug-likeness (QED) is 0.770. The Balaban J connectivity index is 2.12. The molecule has 76 valence electrons. The lowest BCUT2D eigenvalue weighted by Gasteiger charge is -2.02. The van der Waals surface area contributed by atoms with Gasteiger partial charge in [-0.3, -0.25) is 0 Å². The number of hydrogen-bond acceptors (Lipinski definition) is 5. The minimum Gasteiger partial charge on any atom is -0.464 e. The van der Waals surface area contributed by atoms with Crippen molar-refractivity contribution in [2.75, 3.05) is 7.11 Å². The molecule has 0 amide bonds. The van der Waals surface area contributed by atoms with Gasteiger partial charge in [-0.1, -0.05) is 0 Å². The second kappa shape index (κ2) is 3.67. The van der Waals surface area contributed by atoms with Crippen LogP contribution in [0.15, 0.2) is 5.38 Å². The third-order valence-corrected chi connectivity index (χ3v) is 3.15. The molecule has 1 aliphatic rings. The Bertz CT molecular complexity index is 346. The van der Waals surface area contributed by atoms with Crippen molar-refractivity contribution in [1.82, 2.24) is 4.98 Å². The molecule has 1 aromatic rings. The lowest BCUT2D eigenvalue weighted by molar-refractivity contribution is 0.0594. The first-order chi connectivity index (χ1) is 6.72. The van der Waals surface area contributed by atoms with E-state index >= 15 is 0 Å². The van der Waals surface area contributed by atoms with Crippen molar-refractivity contribution >= 4 is 17.3 Å². The summed E-state index contributed by atoms with van der Waals surface area (Å²) in [6.45, 7) is 0. The van der Waals surface area contributed by atoms with Crippen molar-refractivity contribution < 1.29 is 14.6 Å². The lowest BCUT2D eigenvalue weighted by atomic mass is 10.2. The third kappa shape index (κ3) is 1.78. The van der Waals surface area contributed by atoms with Gasteiger partial charge in [0.05, 0.1) is 7.11 Å². The number of esters is 1. The number of methoxy groups -OCH3 is 1. The number of nitrogens with zero attached hydrogens (tertiary/aromatic N) is 1. The van der Waals surface area contributed by atoms with Crippen LogP contribution < -0.4 is 0 Å². The standard InChI is InChI=1S/C9H11NO3S/c1-13-9(12)6-4-14-8(10-6)7(11)5-2-3-5/h4-5,7,11H,2-3H2,1H3. The van der Waals surface area contributed by atoms with E-state index in [1.807, 2.05) is 0 Å². The van der Waals surface area contributed by atoms with E-state index in [-0.39, 0.29) is 5.69 Å². The summed E-state index contributed by atoms with van der Waals surface area (Å²) >= 11 is 1.31. The fourth-order valence-corrected chi connectivity index (χ4v) is 2.10. The number of aliphatic hydroxyl groups is 1. The molecule has 14 heavy (non-hydrogen) atoms. The molecule has 1 saturated carbocycles. The Kier molecular flexibility index (Phi) is 2.52. The van der Waals surface area contributed by atoms with Crippen molar-refractivity contribution in [2.24, 2.45) is 5.92 Å². The van der Waals surface area contributed by atoms with Crippen molar-refractivity contribution in [3.8, 4) is 0 Å². The summed E-state index contributed by atoms with van der Waals surface area (Å²) < 4.78 is 4.53. The number of carbonyl (C=O) groups excluding carboxylic acids is 1. The Hall–Kier alpha value is -0.940. The Morgan fingerprint density at radius 3 is 3.07 bits per heavy atom. The van der Waals surface area contributed by atoms with Gasteiger partial charge in [-0.15, -0.1) is 11.3 Å². The molecule has 1 aromatic heterocycles. The highest BCUT2D eigenvalue weighted by Crippen LogP contribution is 2.41. The van der Waals surface area contributed by atoms with Crippen LogP contribution in [0.4, 0.5) is 0 Å². The maximum Gasteiger partial charge on any atom is 0.357 e. The van der Waals surface area contributed by atoms with Crippen LogP contribution in [0.3, 0.4) is 0 Å². The van der Waals surface area contributed by atoms with Crippen LogP contribution in [0.25, 0.3) is 0 Å². The summed E-state index contributed by atoms with van der Waals surface area (Å²) in [4.78, 5) is 15.1. The van der Waals surface area contributed by atoms with Gasteiger partial charge in [-0.25, -0.2) is 9.78 Å². The molecular weight excluding hydrogens is 202 g/mol. The van der Waals surface area contributed by atoms with Gasteiger partial charge in [-0.05, 0) is 18.8 Å². The molecule has 1 atom stereocenters. The zero-order valence-corrected chi connectivity index (χ0v) is 8.58. The third-order valence-electron chi connectivity index (χ3n) is 2.24. The molecule has 1 unspecified atom stereocenters. The van der Waals surface area contributed by atoms with E-state index in [1.54, 1.807) is 5.38 Å². The first-order valence-corrected chi connectivity index (χ1v) is 5.32. The van der Waals surface area contributed by atoms with E-state index in [2.05, 4.69) is 9.72 Å². The van der Waals surface area contributed by atoms with E-state index < -0.39 is 12.1 Å². The minimum absolute atomic E-state index is 0.284. The lowest BCUT2D eigenvalue weighted by Crippen LogP contribution is -2.04. The maximum absolute atomic E-state index is 11.1. The summed E-state index contributed by atoms with van der Waals surface area (Å²) in [5, 5.41) is 12.0. The summed E-state index contributed by atoms with van der Waals surface area (Å²) in [6.07, 6.45) is 1.60. The Labute approximate surface area is 85.5 Å². The average molecular weight is 213 g/mol. The molecule has 0 bridgehead atoms. The van der Waals surface area contributed by atoms with Crippen LogP contribution in [0.1, 0.15) is 34.4 Å². The minimum atomic E-state index is -0.501. The molecule has 0 radical (unpaired) electrons. The molecule has 0 aromatic carbocycles. The molecule has 0 saturated heterocycles. The Morgan fingerprint density at radius 1 is 1.79 bits per heavy atom. The molecule has 0 aliphatic heterocycles. The molecule has 1 fully saturated rings. The topological polar surface area (TPSA) is 59.4 Å². The van der Waals surface area contributed by atoms with Crippen molar-refractivity contribution in [2.45, 2.75) is 18.9 Å². The highest BCUT2D eigenvalue weighted by Gasteiger charge is 2.33. The van der Waals surface area contributed by atoms with Gasteiger partial charge in [-0.2, -0.15) is 0 Å². The zero-order valence-electron chi connectivity index (χ0n) is 7.77. The van der Waals surface area contributed by atoms with Gasteiger partial charge in [0, 0.05) is 5.38 Å². The van der Waals surface area contributed by atoms with Crippen molar-refractivity contribution in [3.63, 3.8) is 0 Å². The van der Waals surface area contributed by atoms with Crippen LogP contribution in [0, 0.1) is 5.92 Å². The second-order valence-corrected chi connectivity index (χ2v) is 4.23. The van der Waals surface area contributed by atoms with Gasteiger partial charge >= 0.3 is 5.97 Å². The molecule has 2 rings (SSSR count). The number of carbonyl (C=O) groups is 1. The number of rotatable bonds is 3. The first kappa shape index (κ1) is 9.61. The van der Waals surface area contributed by atoms with Crippen molar-refractivity contribution in [3.05, 3.63) is 16.1 Å². The fraction of sp³-hybridized carbons (Fsp3) is 0.556. The van der Waals surface area contributed by atoms with E-state index in [0.717, 1.165) is 12.8 Å². The van der Waals surface area contributed by atoms with E-state index in [0.29, 0.717) is 10.9 Å². The maximum atomic E-state index is 11.1. The van der Waals surface area contributed by atoms with Gasteiger partial charge in [0.1, 0.15) is 11.1 Å². The van der Waals surface area contributed by atoms with Gasteiger partial charge in [0.25, 0.3) is 0 Å². The van der Waals surface area contributed by atoms with Crippen LogP contribution in [0.5, 0.6) is 0 Å². The van der Waals surface area contributed by atoms with Crippen LogP contribution in [-0.2, 0) is 4.74 Å². The van der Waals surface area contributed by atoms with Gasteiger partial charge in [0.15, 0.2) is 5.69 Å². The van der Waals surface area contributed by atoms with Crippen LogP contribution in [-0.4, -0.2) is 23.2 Å². The smallest absolute Gasteiger partial charge is 0.357 e. The number of aliphatic hydroxyl groups excluding tert-OH is 1. The summed E-state index contributed by atoms with van der Waals surface area (Å²) in [5.74, 6) is -0.109. The number of aromatic nitrogens is 1. The predicted molar refractivity (Wildman–Crippen MR) is 51.1 cm³/mol. The summed E-state index contributed by atoms with van der Waals surface area (Å²) in [7, 11) is 1.32. The van der Waals surface area contributed by atoms with Gasteiger partial charge in [0.2, 0.25) is 0 Å². The second-order valence-electron chi connectivity index (χ2n) is 3.34. The highest BCUT2D eigenvalue weighted by atomic mass is 32.1. The molecule has 0 spiro atoms. The van der Waals surface area contributed by atoms with E-state index in [1.165, 1.54) is 18.4 Å². The van der Waals surface area contributed by atoms with Crippen LogP contribution >= 0.6 is 11.3 Å². The van der Waals surface area contributed by atoms with Gasteiger partial charge < -0.3 is 9.84 Å². The molecule has 1 heterocycles. The number of thiazole rings is 1. The molecule has 4 nitrogen and oxygen atoms in total. The molecular formula is C9H11NO3S. The fourth-order valence-electron chi connectivity index (χ4n) is 1.24. The average Bonchev–Trinajstić information content (AvgIpc) is 2.93. The zero-order chi connectivity index (χ0) is 10.1. The molecule has 1 aliphatic carbocycles.